The van der Waals surface area contributed by atoms with Crippen LogP contribution in [0.25, 0.3) is 0 Å². The van der Waals surface area contributed by atoms with E-state index in [2.05, 4.69) is 16.9 Å². The summed E-state index contributed by atoms with van der Waals surface area (Å²) in [7, 11) is 0. The predicted octanol–water partition coefficient (Wildman–Crippen LogP) is 0.260. The van der Waals surface area contributed by atoms with Gasteiger partial charge in [0, 0.05) is 30.9 Å². The van der Waals surface area contributed by atoms with E-state index in [1.807, 2.05) is 4.90 Å². The molecular formula is C11H18N4O. The molecule has 0 bridgehead atoms. The van der Waals surface area contributed by atoms with Crippen molar-refractivity contribution >= 4 is 5.95 Å². The molecule has 2 heterocycles. The number of aromatic nitrogens is 2. The molecular weight excluding hydrogens is 204 g/mol. The highest BCUT2D eigenvalue weighted by Gasteiger charge is 2.21. The maximum absolute atomic E-state index is 11.5. The van der Waals surface area contributed by atoms with Crippen molar-refractivity contribution in [3.8, 4) is 0 Å². The summed E-state index contributed by atoms with van der Waals surface area (Å²) >= 11 is 0. The van der Waals surface area contributed by atoms with Crippen LogP contribution in [0.15, 0.2) is 10.9 Å². The second-order valence-corrected chi connectivity index (χ2v) is 4.31. The fraction of sp³-hybridized carbons (Fsp3) is 0.636. The van der Waals surface area contributed by atoms with E-state index in [-0.39, 0.29) is 11.6 Å². The van der Waals surface area contributed by atoms with Gasteiger partial charge in [-0.2, -0.15) is 0 Å². The predicted molar refractivity (Wildman–Crippen MR) is 63.7 cm³/mol. The van der Waals surface area contributed by atoms with Crippen molar-refractivity contribution in [3.05, 3.63) is 22.1 Å². The number of nitrogens with two attached hydrogens (primary N) is 1. The Kier molecular flexibility index (Phi) is 3.24. The SMILES string of the molecule is CCCc1cc(=O)[nH]c(N2CCC(N)C2)n1. The minimum atomic E-state index is -0.0751. The molecule has 0 radical (unpaired) electrons. The summed E-state index contributed by atoms with van der Waals surface area (Å²) in [5, 5.41) is 0. The number of hydrogen-bond acceptors (Lipinski definition) is 4. The maximum Gasteiger partial charge on any atom is 0.252 e. The molecule has 0 amide bonds. The number of aryl methyl sites for hydroxylation is 1. The summed E-state index contributed by atoms with van der Waals surface area (Å²) in [5.41, 5.74) is 6.62. The molecule has 1 aromatic rings. The number of nitrogens with zero attached hydrogens (tertiary/aromatic N) is 2. The molecule has 1 aromatic heterocycles. The monoisotopic (exact) mass is 222 g/mol. The van der Waals surface area contributed by atoms with Gasteiger partial charge < -0.3 is 10.6 Å². The number of rotatable bonds is 3. The molecule has 0 aliphatic carbocycles. The molecule has 1 atom stereocenters. The van der Waals surface area contributed by atoms with Crippen molar-refractivity contribution in [1.82, 2.24) is 9.97 Å². The van der Waals surface area contributed by atoms with Gasteiger partial charge in [-0.25, -0.2) is 4.98 Å². The van der Waals surface area contributed by atoms with Crippen LogP contribution >= 0.6 is 0 Å². The van der Waals surface area contributed by atoms with Gasteiger partial charge in [-0.1, -0.05) is 13.3 Å². The van der Waals surface area contributed by atoms with Crippen LogP contribution in [0.1, 0.15) is 25.5 Å². The molecule has 0 aromatic carbocycles. The molecule has 5 heteroatoms. The Morgan fingerprint density at radius 3 is 3.12 bits per heavy atom. The lowest BCUT2D eigenvalue weighted by atomic mass is 10.2. The number of hydrogen-bond donors (Lipinski definition) is 2. The molecule has 1 aliphatic heterocycles. The van der Waals surface area contributed by atoms with Crippen molar-refractivity contribution in [3.63, 3.8) is 0 Å². The van der Waals surface area contributed by atoms with Crippen LogP contribution in [0, 0.1) is 0 Å². The van der Waals surface area contributed by atoms with Crippen molar-refractivity contribution < 1.29 is 0 Å². The third-order valence-electron chi connectivity index (χ3n) is 2.81. The van der Waals surface area contributed by atoms with Gasteiger partial charge in [0.25, 0.3) is 5.56 Å². The Morgan fingerprint density at radius 2 is 2.50 bits per heavy atom. The van der Waals surface area contributed by atoms with Gasteiger partial charge in [0.2, 0.25) is 5.95 Å². The Balaban J connectivity index is 2.23. The lowest BCUT2D eigenvalue weighted by Crippen LogP contribution is -2.29. The molecule has 3 N–H and O–H groups in total. The van der Waals surface area contributed by atoms with Crippen molar-refractivity contribution in [2.75, 3.05) is 18.0 Å². The van der Waals surface area contributed by atoms with Gasteiger partial charge in [-0.3, -0.25) is 9.78 Å². The Labute approximate surface area is 94.7 Å². The Hall–Kier alpha value is -1.36. The highest BCUT2D eigenvalue weighted by Crippen LogP contribution is 2.14. The molecule has 1 fully saturated rings. The van der Waals surface area contributed by atoms with Gasteiger partial charge in [0.1, 0.15) is 0 Å². The van der Waals surface area contributed by atoms with E-state index >= 15 is 0 Å². The van der Waals surface area contributed by atoms with Crippen LogP contribution in [0.2, 0.25) is 0 Å². The third-order valence-corrected chi connectivity index (χ3v) is 2.81. The first-order chi connectivity index (χ1) is 7.69. The highest BCUT2D eigenvalue weighted by molar-refractivity contribution is 5.32. The van der Waals surface area contributed by atoms with Gasteiger partial charge in [0.15, 0.2) is 0 Å². The van der Waals surface area contributed by atoms with Gasteiger partial charge in [-0.05, 0) is 12.8 Å². The number of anilines is 1. The fourth-order valence-corrected chi connectivity index (χ4v) is 2.01. The highest BCUT2D eigenvalue weighted by atomic mass is 16.1. The molecule has 1 unspecified atom stereocenters. The standard InChI is InChI=1S/C11H18N4O/c1-2-3-9-6-10(16)14-11(13-9)15-5-4-8(12)7-15/h6,8H,2-5,7,12H2,1H3,(H,13,14,16). The zero-order chi connectivity index (χ0) is 11.5. The van der Waals surface area contributed by atoms with Gasteiger partial charge in [0.05, 0.1) is 0 Å². The number of H-pyrrole nitrogens is 1. The summed E-state index contributed by atoms with van der Waals surface area (Å²) < 4.78 is 0. The smallest absolute Gasteiger partial charge is 0.252 e. The van der Waals surface area contributed by atoms with Crippen LogP contribution in [0.4, 0.5) is 5.95 Å². The first-order valence-corrected chi connectivity index (χ1v) is 5.80. The van der Waals surface area contributed by atoms with Gasteiger partial charge in [-0.15, -0.1) is 0 Å². The normalized spacial score (nSPS) is 20.4. The van der Waals surface area contributed by atoms with Crippen LogP contribution in [-0.2, 0) is 6.42 Å². The van der Waals surface area contributed by atoms with E-state index in [0.29, 0.717) is 5.95 Å². The minimum absolute atomic E-state index is 0.0751. The Morgan fingerprint density at radius 1 is 1.69 bits per heavy atom. The Bertz CT molecular complexity index is 415. The fourth-order valence-electron chi connectivity index (χ4n) is 2.01. The maximum atomic E-state index is 11.5. The van der Waals surface area contributed by atoms with Crippen molar-refractivity contribution in [2.24, 2.45) is 5.73 Å². The van der Waals surface area contributed by atoms with Crippen LogP contribution < -0.4 is 16.2 Å². The first-order valence-electron chi connectivity index (χ1n) is 5.80. The zero-order valence-corrected chi connectivity index (χ0v) is 9.57. The van der Waals surface area contributed by atoms with E-state index in [9.17, 15) is 4.79 Å². The largest absolute Gasteiger partial charge is 0.341 e. The molecule has 0 saturated carbocycles. The molecule has 1 saturated heterocycles. The minimum Gasteiger partial charge on any atom is -0.341 e. The van der Waals surface area contributed by atoms with E-state index in [1.165, 1.54) is 0 Å². The molecule has 1 aliphatic rings. The quantitative estimate of drug-likeness (QED) is 0.769. The first kappa shape index (κ1) is 11.1. The zero-order valence-electron chi connectivity index (χ0n) is 9.57. The number of nitrogens with one attached hydrogen (secondary N) is 1. The van der Waals surface area contributed by atoms with Crippen LogP contribution in [0.5, 0.6) is 0 Å². The topological polar surface area (TPSA) is 75.0 Å². The lowest BCUT2D eigenvalue weighted by molar-refractivity contribution is 0.748. The van der Waals surface area contributed by atoms with Crippen LogP contribution in [0.3, 0.4) is 0 Å². The molecule has 0 spiro atoms. The van der Waals surface area contributed by atoms with E-state index < -0.39 is 0 Å². The summed E-state index contributed by atoms with van der Waals surface area (Å²) in [6, 6.07) is 1.77. The molecule has 88 valence electrons. The van der Waals surface area contributed by atoms with Gasteiger partial charge >= 0.3 is 0 Å². The summed E-state index contributed by atoms with van der Waals surface area (Å²) in [5.74, 6) is 0.670. The van der Waals surface area contributed by atoms with E-state index in [1.54, 1.807) is 6.07 Å². The van der Waals surface area contributed by atoms with E-state index in [4.69, 9.17) is 5.73 Å². The second-order valence-electron chi connectivity index (χ2n) is 4.31. The average molecular weight is 222 g/mol. The molecule has 5 nitrogen and oxygen atoms in total. The van der Waals surface area contributed by atoms with E-state index in [0.717, 1.165) is 38.0 Å². The molecule has 16 heavy (non-hydrogen) atoms. The summed E-state index contributed by atoms with van der Waals surface area (Å²) in [6.07, 6.45) is 2.80. The summed E-state index contributed by atoms with van der Waals surface area (Å²) in [4.78, 5) is 20.7. The van der Waals surface area contributed by atoms with Crippen molar-refractivity contribution in [2.45, 2.75) is 32.2 Å². The third kappa shape index (κ3) is 2.41. The summed E-state index contributed by atoms with van der Waals surface area (Å²) in [6.45, 7) is 3.73. The molecule has 2 rings (SSSR count). The van der Waals surface area contributed by atoms with Crippen LogP contribution in [-0.4, -0.2) is 29.1 Å². The average Bonchev–Trinajstić information content (AvgIpc) is 2.64. The lowest BCUT2D eigenvalue weighted by Gasteiger charge is -2.16. The van der Waals surface area contributed by atoms with Crippen molar-refractivity contribution in [1.29, 1.82) is 0 Å². The number of aromatic amines is 1. The second kappa shape index (κ2) is 4.65.